The Morgan fingerprint density at radius 3 is 2.60 bits per heavy atom. The van der Waals surface area contributed by atoms with Crippen molar-refractivity contribution in [3.05, 3.63) is 47.3 Å². The topological polar surface area (TPSA) is 39.1 Å². The fourth-order valence-electron chi connectivity index (χ4n) is 4.25. The molecule has 1 atom stereocenters. The number of aryl methyl sites for hydroxylation is 1. The minimum atomic E-state index is 0.276. The Balaban J connectivity index is 1.65. The van der Waals surface area contributed by atoms with Crippen LogP contribution in [0.1, 0.15) is 56.0 Å². The monoisotopic (exact) mass is 339 g/mol. The Morgan fingerprint density at radius 2 is 1.88 bits per heavy atom. The number of hydrogen-bond acceptors (Lipinski definition) is 3. The Morgan fingerprint density at radius 1 is 1.16 bits per heavy atom. The van der Waals surface area contributed by atoms with Crippen LogP contribution in [0.5, 0.6) is 0 Å². The number of hydrogen-bond donors (Lipinski definition) is 1. The highest BCUT2D eigenvalue weighted by molar-refractivity contribution is 5.39. The molecule has 1 aliphatic heterocycles. The number of aromatic nitrogens is 2. The molecule has 25 heavy (non-hydrogen) atoms. The first-order chi connectivity index (χ1) is 12.0. The van der Waals surface area contributed by atoms with Crippen LogP contribution in [0, 0.1) is 12.3 Å². The number of ether oxygens (including phenoxy) is 1. The second kappa shape index (κ2) is 6.58. The van der Waals surface area contributed by atoms with Crippen molar-refractivity contribution in [1.82, 2.24) is 15.1 Å². The highest BCUT2D eigenvalue weighted by atomic mass is 16.5. The first-order valence-electron chi connectivity index (χ1n) is 9.49. The van der Waals surface area contributed by atoms with E-state index < -0.39 is 0 Å². The minimum Gasteiger partial charge on any atom is -0.381 e. The van der Waals surface area contributed by atoms with Crippen LogP contribution >= 0.6 is 0 Å². The maximum atomic E-state index is 5.51. The lowest BCUT2D eigenvalue weighted by molar-refractivity contribution is 0.0717. The maximum Gasteiger partial charge on any atom is 0.0649 e. The molecule has 2 aliphatic rings. The molecule has 2 aromatic rings. The SMILES string of the molecule is Cc1ccc(-n2ncc3c2CC(C)(C)C[C@@H]3NC2CCOCC2)cc1. The molecule has 0 spiro atoms. The molecule has 4 heteroatoms. The second-order valence-corrected chi connectivity index (χ2v) is 8.44. The van der Waals surface area contributed by atoms with Crippen LogP contribution in [-0.4, -0.2) is 29.0 Å². The van der Waals surface area contributed by atoms with Crippen molar-refractivity contribution < 1.29 is 4.74 Å². The molecule has 4 nitrogen and oxygen atoms in total. The van der Waals surface area contributed by atoms with Gasteiger partial charge in [0.2, 0.25) is 0 Å². The minimum absolute atomic E-state index is 0.276. The normalized spacial score (nSPS) is 23.4. The highest BCUT2D eigenvalue weighted by Crippen LogP contribution is 2.41. The lowest BCUT2D eigenvalue weighted by Gasteiger charge is -2.38. The number of benzene rings is 1. The van der Waals surface area contributed by atoms with E-state index in [0.29, 0.717) is 12.1 Å². The summed E-state index contributed by atoms with van der Waals surface area (Å²) in [5, 5.41) is 8.67. The molecule has 0 saturated carbocycles. The zero-order valence-electron chi connectivity index (χ0n) is 15.6. The van der Waals surface area contributed by atoms with Crippen molar-refractivity contribution in [1.29, 1.82) is 0 Å². The first-order valence-corrected chi connectivity index (χ1v) is 9.49. The zero-order valence-corrected chi connectivity index (χ0v) is 15.6. The quantitative estimate of drug-likeness (QED) is 0.920. The smallest absolute Gasteiger partial charge is 0.0649 e. The van der Waals surface area contributed by atoms with E-state index in [1.165, 1.54) is 16.8 Å². The number of nitrogens with zero attached hydrogens (tertiary/aromatic N) is 2. The van der Waals surface area contributed by atoms with E-state index in [-0.39, 0.29) is 5.41 Å². The Kier molecular flexibility index (Phi) is 4.42. The van der Waals surface area contributed by atoms with E-state index in [4.69, 9.17) is 9.84 Å². The summed E-state index contributed by atoms with van der Waals surface area (Å²) in [6.07, 6.45) is 6.54. The van der Waals surface area contributed by atoms with Gasteiger partial charge in [-0.15, -0.1) is 0 Å². The van der Waals surface area contributed by atoms with Crippen molar-refractivity contribution in [3.8, 4) is 5.69 Å². The van der Waals surface area contributed by atoms with Crippen molar-refractivity contribution in [2.24, 2.45) is 5.41 Å². The van der Waals surface area contributed by atoms with Crippen molar-refractivity contribution in [2.45, 2.75) is 58.5 Å². The summed E-state index contributed by atoms with van der Waals surface area (Å²) in [4.78, 5) is 0. The average Bonchev–Trinajstić information content (AvgIpc) is 2.99. The van der Waals surface area contributed by atoms with Gasteiger partial charge in [0.1, 0.15) is 0 Å². The molecule has 0 radical (unpaired) electrons. The van der Waals surface area contributed by atoms with E-state index in [1.807, 2.05) is 0 Å². The van der Waals surface area contributed by atoms with Crippen LogP contribution < -0.4 is 5.32 Å². The molecule has 2 heterocycles. The molecule has 1 aromatic carbocycles. The third-order valence-electron chi connectivity index (χ3n) is 5.62. The summed E-state index contributed by atoms with van der Waals surface area (Å²) in [6, 6.07) is 9.62. The summed E-state index contributed by atoms with van der Waals surface area (Å²) in [6.45, 7) is 8.63. The van der Waals surface area contributed by atoms with Gasteiger partial charge in [0.15, 0.2) is 0 Å². The molecule has 0 amide bonds. The maximum absolute atomic E-state index is 5.51. The van der Waals surface area contributed by atoms with E-state index in [1.54, 1.807) is 0 Å². The molecule has 1 fully saturated rings. The summed E-state index contributed by atoms with van der Waals surface area (Å²) < 4.78 is 7.66. The molecule has 1 aliphatic carbocycles. The highest BCUT2D eigenvalue weighted by Gasteiger charge is 2.36. The van der Waals surface area contributed by atoms with Crippen molar-refractivity contribution in [2.75, 3.05) is 13.2 Å². The third-order valence-corrected chi connectivity index (χ3v) is 5.62. The van der Waals surface area contributed by atoms with E-state index in [0.717, 1.165) is 44.6 Å². The lowest BCUT2D eigenvalue weighted by Crippen LogP contribution is -2.41. The van der Waals surface area contributed by atoms with Crippen LogP contribution in [0.3, 0.4) is 0 Å². The Labute approximate surface area is 150 Å². The molecule has 0 bridgehead atoms. The predicted octanol–water partition coefficient (Wildman–Crippen LogP) is 3.96. The molecule has 1 aromatic heterocycles. The molecular weight excluding hydrogens is 310 g/mol. The molecule has 1 N–H and O–H groups in total. The van der Waals surface area contributed by atoms with Crippen LogP contribution in [0.25, 0.3) is 5.69 Å². The molecule has 0 unspecified atom stereocenters. The summed E-state index contributed by atoms with van der Waals surface area (Å²) >= 11 is 0. The van der Waals surface area contributed by atoms with Crippen molar-refractivity contribution >= 4 is 0 Å². The van der Waals surface area contributed by atoms with Crippen LogP contribution in [-0.2, 0) is 11.2 Å². The van der Waals surface area contributed by atoms with E-state index >= 15 is 0 Å². The number of fused-ring (bicyclic) bond motifs is 1. The predicted molar refractivity (Wildman–Crippen MR) is 100 cm³/mol. The Bertz CT molecular complexity index is 726. The standard InChI is InChI=1S/C21H29N3O/c1-15-4-6-17(7-5-15)24-20-13-21(2,3)12-19(18(20)14-22-24)23-16-8-10-25-11-9-16/h4-7,14,16,19,23H,8-13H2,1-3H3/t19-/m0/s1. The summed E-state index contributed by atoms with van der Waals surface area (Å²) in [7, 11) is 0. The largest absolute Gasteiger partial charge is 0.381 e. The van der Waals surface area contributed by atoms with E-state index in [2.05, 4.69) is 61.2 Å². The van der Waals surface area contributed by atoms with Crippen molar-refractivity contribution in [3.63, 3.8) is 0 Å². The molecule has 4 rings (SSSR count). The van der Waals surface area contributed by atoms with Crippen LogP contribution in [0.15, 0.2) is 30.5 Å². The van der Waals surface area contributed by atoms with Crippen LogP contribution in [0.4, 0.5) is 0 Å². The van der Waals surface area contributed by atoms with Gasteiger partial charge in [-0.3, -0.25) is 0 Å². The second-order valence-electron chi connectivity index (χ2n) is 8.44. The zero-order chi connectivity index (χ0) is 17.4. The van der Waals surface area contributed by atoms with Gasteiger partial charge in [-0.1, -0.05) is 31.5 Å². The lowest BCUT2D eigenvalue weighted by atomic mass is 9.74. The van der Waals surface area contributed by atoms with Crippen LogP contribution in [0.2, 0.25) is 0 Å². The number of rotatable bonds is 3. The summed E-state index contributed by atoms with van der Waals surface area (Å²) in [5.41, 5.74) is 5.47. The molecular formula is C21H29N3O. The third kappa shape index (κ3) is 3.51. The fraction of sp³-hybridized carbons (Fsp3) is 0.571. The Hall–Kier alpha value is -1.65. The van der Waals surface area contributed by atoms with Gasteiger partial charge in [-0.05, 0) is 50.2 Å². The summed E-state index contributed by atoms with van der Waals surface area (Å²) in [5.74, 6) is 0. The molecule has 134 valence electrons. The average molecular weight is 339 g/mol. The van der Waals surface area contributed by atoms with Gasteiger partial charge >= 0.3 is 0 Å². The van der Waals surface area contributed by atoms with Gasteiger partial charge in [-0.2, -0.15) is 5.10 Å². The molecule has 1 saturated heterocycles. The van der Waals surface area contributed by atoms with Gasteiger partial charge in [0.05, 0.1) is 11.9 Å². The van der Waals surface area contributed by atoms with Gasteiger partial charge in [-0.25, -0.2) is 4.68 Å². The van der Waals surface area contributed by atoms with Gasteiger partial charge < -0.3 is 10.1 Å². The fourth-order valence-corrected chi connectivity index (χ4v) is 4.25. The van der Waals surface area contributed by atoms with E-state index in [9.17, 15) is 0 Å². The first kappa shape index (κ1) is 16.8. The van der Waals surface area contributed by atoms with Gasteiger partial charge in [0.25, 0.3) is 0 Å². The number of nitrogens with one attached hydrogen (secondary N) is 1. The van der Waals surface area contributed by atoms with Gasteiger partial charge in [0, 0.05) is 36.6 Å².